The fraction of sp³-hybridized carbons (Fsp3) is 0.167. The highest BCUT2D eigenvalue weighted by Gasteiger charge is 2.15. The lowest BCUT2D eigenvalue weighted by atomic mass is 10.2. The van der Waals surface area contributed by atoms with Crippen molar-refractivity contribution in [2.24, 2.45) is 5.10 Å². The number of hydrogen-bond donors (Lipinski definition) is 2. The molecule has 2 aromatic carbocycles. The minimum atomic E-state index is -0.951. The molecule has 27 heavy (non-hydrogen) atoms. The number of amides is 2. The molecule has 2 N–H and O–H groups in total. The van der Waals surface area contributed by atoms with Gasteiger partial charge in [0.1, 0.15) is 5.75 Å². The highest BCUT2D eigenvalue weighted by molar-refractivity contribution is 9.10. The number of carbonyl (C=O) groups is 2. The van der Waals surface area contributed by atoms with E-state index in [2.05, 4.69) is 31.8 Å². The second kappa shape index (κ2) is 10.3. The van der Waals surface area contributed by atoms with Crippen LogP contribution in [-0.4, -0.2) is 24.6 Å². The molecule has 2 rings (SSSR count). The van der Waals surface area contributed by atoms with Gasteiger partial charge in [-0.05, 0) is 36.8 Å². The van der Waals surface area contributed by atoms with E-state index in [4.69, 9.17) is 27.9 Å². The van der Waals surface area contributed by atoms with E-state index < -0.39 is 11.8 Å². The summed E-state index contributed by atoms with van der Waals surface area (Å²) in [5.41, 5.74) is 3.04. The van der Waals surface area contributed by atoms with Gasteiger partial charge < -0.3 is 10.1 Å². The summed E-state index contributed by atoms with van der Waals surface area (Å²) in [4.78, 5) is 23.9. The summed E-state index contributed by atoms with van der Waals surface area (Å²) in [5.74, 6) is -1.26. The summed E-state index contributed by atoms with van der Waals surface area (Å²) in [5, 5.41) is 6.60. The van der Waals surface area contributed by atoms with E-state index in [0.717, 1.165) is 10.9 Å². The molecule has 0 unspecified atom stereocenters. The largest absolute Gasteiger partial charge is 0.493 e. The van der Waals surface area contributed by atoms with Crippen molar-refractivity contribution in [2.45, 2.75) is 13.3 Å². The Morgan fingerprint density at radius 2 is 2.00 bits per heavy atom. The van der Waals surface area contributed by atoms with E-state index in [1.807, 2.05) is 13.0 Å². The summed E-state index contributed by atoms with van der Waals surface area (Å²) < 4.78 is 6.44. The molecule has 2 aromatic rings. The predicted octanol–water partition coefficient (Wildman–Crippen LogP) is 4.63. The summed E-state index contributed by atoms with van der Waals surface area (Å²) >= 11 is 15.2. The van der Waals surface area contributed by atoms with Crippen molar-refractivity contribution < 1.29 is 14.3 Å². The van der Waals surface area contributed by atoms with Crippen LogP contribution in [0.3, 0.4) is 0 Å². The van der Waals surface area contributed by atoms with Gasteiger partial charge in [-0.15, -0.1) is 0 Å². The first-order chi connectivity index (χ1) is 12.9. The van der Waals surface area contributed by atoms with Gasteiger partial charge in [0.05, 0.1) is 28.6 Å². The monoisotopic (exact) mass is 471 g/mol. The van der Waals surface area contributed by atoms with E-state index in [1.165, 1.54) is 12.3 Å². The van der Waals surface area contributed by atoms with E-state index in [1.54, 1.807) is 24.3 Å². The Morgan fingerprint density at radius 1 is 1.22 bits per heavy atom. The molecular weight excluding hydrogens is 457 g/mol. The summed E-state index contributed by atoms with van der Waals surface area (Å²) in [6, 6.07) is 10.1. The number of benzene rings is 2. The van der Waals surface area contributed by atoms with E-state index in [0.29, 0.717) is 17.9 Å². The van der Waals surface area contributed by atoms with Crippen molar-refractivity contribution in [1.82, 2.24) is 5.43 Å². The first-order valence-corrected chi connectivity index (χ1v) is 9.48. The van der Waals surface area contributed by atoms with Crippen molar-refractivity contribution in [1.29, 1.82) is 0 Å². The maximum Gasteiger partial charge on any atom is 0.329 e. The molecule has 0 fully saturated rings. The Labute approximate surface area is 175 Å². The fourth-order valence-corrected chi connectivity index (χ4v) is 2.68. The molecule has 0 aliphatic rings. The third-order valence-corrected chi connectivity index (χ3v) is 4.52. The summed E-state index contributed by atoms with van der Waals surface area (Å²) in [6.45, 7) is 2.55. The van der Waals surface area contributed by atoms with Crippen LogP contribution >= 0.6 is 39.1 Å². The van der Waals surface area contributed by atoms with E-state index >= 15 is 0 Å². The number of ether oxygens (including phenoxy) is 1. The standard InChI is InChI=1S/C18H16BrCl2N3O3/c1-2-8-27-15-7-6-12(19)9-11(15)10-22-24-18(26)17(25)23-14-5-3-4-13(20)16(14)21/h3-7,9-10H,2,8H2,1H3,(H,23,25)(H,24,26)/b22-10-. The lowest BCUT2D eigenvalue weighted by Crippen LogP contribution is -2.32. The van der Waals surface area contributed by atoms with Gasteiger partial charge in [0.15, 0.2) is 0 Å². The molecule has 0 radical (unpaired) electrons. The minimum Gasteiger partial charge on any atom is -0.493 e. The van der Waals surface area contributed by atoms with Gasteiger partial charge in [0.2, 0.25) is 0 Å². The molecule has 0 spiro atoms. The number of hydrogen-bond acceptors (Lipinski definition) is 4. The van der Waals surface area contributed by atoms with Crippen LogP contribution in [0.4, 0.5) is 5.69 Å². The van der Waals surface area contributed by atoms with Crippen LogP contribution in [0.5, 0.6) is 5.75 Å². The van der Waals surface area contributed by atoms with Crippen molar-refractivity contribution in [3.8, 4) is 5.75 Å². The summed E-state index contributed by atoms with van der Waals surface area (Å²) in [7, 11) is 0. The van der Waals surface area contributed by atoms with Gasteiger partial charge in [-0.25, -0.2) is 5.43 Å². The second-order valence-corrected chi connectivity index (χ2v) is 6.99. The zero-order valence-corrected chi connectivity index (χ0v) is 17.4. The highest BCUT2D eigenvalue weighted by Crippen LogP contribution is 2.29. The molecule has 0 saturated carbocycles. The zero-order chi connectivity index (χ0) is 19.8. The number of halogens is 3. The second-order valence-electron chi connectivity index (χ2n) is 5.29. The molecule has 9 heteroatoms. The maximum atomic E-state index is 11.9. The van der Waals surface area contributed by atoms with Gasteiger partial charge in [-0.2, -0.15) is 5.10 Å². The van der Waals surface area contributed by atoms with Crippen LogP contribution in [0.2, 0.25) is 10.0 Å². The Morgan fingerprint density at radius 3 is 2.74 bits per heavy atom. The van der Waals surface area contributed by atoms with Gasteiger partial charge in [0, 0.05) is 10.0 Å². The third kappa shape index (κ3) is 6.23. The molecule has 0 atom stereocenters. The Balaban J connectivity index is 2.01. The first-order valence-electron chi connectivity index (χ1n) is 7.93. The molecule has 2 amide bonds. The van der Waals surface area contributed by atoms with Gasteiger partial charge in [-0.1, -0.05) is 52.1 Å². The van der Waals surface area contributed by atoms with Crippen LogP contribution in [-0.2, 0) is 9.59 Å². The average Bonchev–Trinajstić information content (AvgIpc) is 2.64. The number of nitrogens with zero attached hydrogens (tertiary/aromatic N) is 1. The molecule has 0 heterocycles. The number of anilines is 1. The number of nitrogens with one attached hydrogen (secondary N) is 2. The molecule has 0 bridgehead atoms. The van der Waals surface area contributed by atoms with Crippen LogP contribution in [0, 0.1) is 0 Å². The average molecular weight is 473 g/mol. The third-order valence-electron chi connectivity index (χ3n) is 3.21. The van der Waals surface area contributed by atoms with Gasteiger partial charge in [-0.3, -0.25) is 9.59 Å². The molecule has 0 saturated heterocycles. The smallest absolute Gasteiger partial charge is 0.329 e. The normalized spacial score (nSPS) is 10.7. The van der Waals surface area contributed by atoms with Crippen molar-refractivity contribution in [3.05, 3.63) is 56.5 Å². The molecular formula is C18H16BrCl2N3O3. The van der Waals surface area contributed by atoms with E-state index in [-0.39, 0.29) is 15.7 Å². The van der Waals surface area contributed by atoms with E-state index in [9.17, 15) is 9.59 Å². The SMILES string of the molecule is CCCOc1ccc(Br)cc1/C=N\NC(=O)C(=O)Nc1cccc(Cl)c1Cl. The first kappa shape index (κ1) is 21.2. The number of carbonyl (C=O) groups excluding carboxylic acids is 2. The van der Waals surface area contributed by atoms with Crippen molar-refractivity contribution >= 4 is 62.8 Å². The minimum absolute atomic E-state index is 0.149. The van der Waals surface area contributed by atoms with Crippen molar-refractivity contribution in [2.75, 3.05) is 11.9 Å². The maximum absolute atomic E-state index is 11.9. The topological polar surface area (TPSA) is 79.8 Å². The summed E-state index contributed by atoms with van der Waals surface area (Å²) in [6.07, 6.45) is 2.25. The Kier molecular flexibility index (Phi) is 8.09. The van der Waals surface area contributed by atoms with Crippen LogP contribution in [0.25, 0.3) is 0 Å². The van der Waals surface area contributed by atoms with Crippen LogP contribution < -0.4 is 15.5 Å². The lowest BCUT2D eigenvalue weighted by molar-refractivity contribution is -0.136. The molecule has 0 aliphatic heterocycles. The Hall–Kier alpha value is -2.09. The number of rotatable bonds is 6. The Bertz CT molecular complexity index is 875. The molecule has 142 valence electrons. The van der Waals surface area contributed by atoms with Crippen molar-refractivity contribution in [3.63, 3.8) is 0 Å². The molecule has 0 aromatic heterocycles. The van der Waals surface area contributed by atoms with Crippen LogP contribution in [0.15, 0.2) is 46.0 Å². The fourth-order valence-electron chi connectivity index (χ4n) is 1.95. The lowest BCUT2D eigenvalue weighted by Gasteiger charge is -2.08. The molecule has 6 nitrogen and oxygen atoms in total. The number of hydrazone groups is 1. The quantitative estimate of drug-likeness (QED) is 0.365. The van der Waals surface area contributed by atoms with Gasteiger partial charge in [0.25, 0.3) is 0 Å². The molecule has 0 aliphatic carbocycles. The predicted molar refractivity (Wildman–Crippen MR) is 111 cm³/mol. The van der Waals surface area contributed by atoms with Crippen LogP contribution in [0.1, 0.15) is 18.9 Å². The zero-order valence-electron chi connectivity index (χ0n) is 14.3. The van der Waals surface area contributed by atoms with Gasteiger partial charge >= 0.3 is 11.8 Å². The highest BCUT2D eigenvalue weighted by atomic mass is 79.9.